The number of nitrogens with zero attached hydrogens (tertiary/aromatic N) is 2. The van der Waals surface area contributed by atoms with Gasteiger partial charge >= 0.3 is 0 Å². The van der Waals surface area contributed by atoms with Gasteiger partial charge in [0, 0.05) is 48.8 Å². The average Bonchev–Trinajstić information content (AvgIpc) is 3.57. The van der Waals surface area contributed by atoms with Gasteiger partial charge in [0.15, 0.2) is 11.5 Å². The molecule has 6 rings (SSSR count). The summed E-state index contributed by atoms with van der Waals surface area (Å²) >= 11 is 0. The first-order valence-electron chi connectivity index (χ1n) is 12.5. The van der Waals surface area contributed by atoms with Crippen LogP contribution in [0.15, 0.2) is 54.7 Å². The number of aromatic amines is 1. The van der Waals surface area contributed by atoms with Crippen LogP contribution in [0.2, 0.25) is 0 Å². The van der Waals surface area contributed by atoms with Crippen LogP contribution in [-0.4, -0.2) is 40.0 Å². The number of aryl methyl sites for hydroxylation is 2. The Balaban J connectivity index is 1.10. The van der Waals surface area contributed by atoms with Crippen LogP contribution in [0, 0.1) is 6.92 Å². The summed E-state index contributed by atoms with van der Waals surface area (Å²) in [7, 11) is 0. The first-order valence-corrected chi connectivity index (χ1v) is 12.5. The summed E-state index contributed by atoms with van der Waals surface area (Å²) in [5.41, 5.74) is 6.70. The van der Waals surface area contributed by atoms with E-state index < -0.39 is 0 Å². The van der Waals surface area contributed by atoms with Crippen molar-refractivity contribution in [3.05, 3.63) is 88.4 Å². The molecule has 2 aromatic carbocycles. The number of H-pyrrole nitrogens is 1. The van der Waals surface area contributed by atoms with E-state index in [2.05, 4.69) is 15.3 Å². The number of amides is 2. The molecule has 0 atom stereocenters. The first kappa shape index (κ1) is 23.1. The normalized spacial score (nSPS) is 14.0. The number of aromatic nitrogens is 2. The Kier molecular flexibility index (Phi) is 6.00. The maximum atomic E-state index is 13.0. The highest BCUT2D eigenvalue weighted by molar-refractivity contribution is 5.98. The number of rotatable bonds is 6. The Bertz CT molecular complexity index is 1480. The highest BCUT2D eigenvalue weighted by Crippen LogP contribution is 2.33. The molecule has 2 amide bonds. The largest absolute Gasteiger partial charge is 0.454 e. The predicted octanol–water partition coefficient (Wildman–Crippen LogP) is 4.05. The number of hydrogen-bond donors (Lipinski definition) is 2. The molecule has 8 nitrogen and oxygen atoms in total. The summed E-state index contributed by atoms with van der Waals surface area (Å²) < 4.78 is 10.8. The van der Waals surface area contributed by atoms with Crippen LogP contribution in [0.1, 0.15) is 44.9 Å². The SMILES string of the molecule is Cc1ncc2c(c1CNC(=O)c1cc3ccccc3[nH]1)CCN(C(=O)CCc1ccc3c(c1)OCO3)C2. The third-order valence-corrected chi connectivity index (χ3v) is 7.21. The quantitative estimate of drug-likeness (QED) is 0.420. The molecule has 0 bridgehead atoms. The molecular formula is C29H28N4O4. The van der Waals surface area contributed by atoms with Gasteiger partial charge in [-0.2, -0.15) is 0 Å². The van der Waals surface area contributed by atoms with Crippen molar-refractivity contribution in [2.75, 3.05) is 13.3 Å². The van der Waals surface area contributed by atoms with Crippen molar-refractivity contribution >= 4 is 22.7 Å². The van der Waals surface area contributed by atoms with Gasteiger partial charge in [0.2, 0.25) is 12.7 Å². The Labute approximate surface area is 214 Å². The van der Waals surface area contributed by atoms with Gasteiger partial charge in [-0.25, -0.2) is 0 Å². The van der Waals surface area contributed by atoms with Gasteiger partial charge in [-0.05, 0) is 66.3 Å². The second kappa shape index (κ2) is 9.61. The average molecular weight is 497 g/mol. The molecule has 0 unspecified atom stereocenters. The number of carbonyl (C=O) groups is 2. The minimum atomic E-state index is -0.149. The number of fused-ring (bicyclic) bond motifs is 3. The van der Waals surface area contributed by atoms with Gasteiger partial charge in [-0.1, -0.05) is 24.3 Å². The van der Waals surface area contributed by atoms with E-state index in [9.17, 15) is 9.59 Å². The molecular weight excluding hydrogens is 468 g/mol. The highest BCUT2D eigenvalue weighted by atomic mass is 16.7. The molecule has 0 saturated heterocycles. The number of hydrogen-bond acceptors (Lipinski definition) is 5. The molecule has 0 saturated carbocycles. The number of carbonyl (C=O) groups excluding carboxylic acids is 2. The van der Waals surface area contributed by atoms with Crippen LogP contribution in [0.25, 0.3) is 10.9 Å². The van der Waals surface area contributed by atoms with E-state index in [4.69, 9.17) is 9.47 Å². The molecule has 2 N–H and O–H groups in total. The topological polar surface area (TPSA) is 96.6 Å². The fourth-order valence-electron chi connectivity index (χ4n) is 5.13. The monoisotopic (exact) mass is 496 g/mol. The Morgan fingerprint density at radius 2 is 1.97 bits per heavy atom. The van der Waals surface area contributed by atoms with Gasteiger partial charge < -0.3 is 24.7 Å². The Morgan fingerprint density at radius 3 is 2.86 bits per heavy atom. The van der Waals surface area contributed by atoms with Crippen molar-refractivity contribution in [1.29, 1.82) is 0 Å². The van der Waals surface area contributed by atoms with E-state index in [1.807, 2.05) is 66.6 Å². The summed E-state index contributed by atoms with van der Waals surface area (Å²) in [5, 5.41) is 4.05. The minimum absolute atomic E-state index is 0.123. The van der Waals surface area contributed by atoms with Crippen LogP contribution < -0.4 is 14.8 Å². The van der Waals surface area contributed by atoms with Crippen molar-refractivity contribution in [2.45, 2.75) is 39.3 Å². The molecule has 2 aliphatic rings. The standard InChI is InChI=1S/C29H28N4O4/c1-18-23(15-31-29(35)25-13-20-4-2-3-5-24(20)32-25)22-10-11-33(16-21(22)14-30-18)28(34)9-7-19-6-8-26-27(12-19)37-17-36-26/h2-6,8,12-14,32H,7,9-11,15-17H2,1H3,(H,31,35). The molecule has 4 heterocycles. The van der Waals surface area contributed by atoms with Crippen LogP contribution in [0.3, 0.4) is 0 Å². The lowest BCUT2D eigenvalue weighted by Crippen LogP contribution is -2.37. The molecule has 4 aromatic rings. The van der Waals surface area contributed by atoms with E-state index in [1.165, 1.54) is 5.56 Å². The number of pyridine rings is 1. The minimum Gasteiger partial charge on any atom is -0.454 e. The molecule has 2 aromatic heterocycles. The van der Waals surface area contributed by atoms with Crippen molar-refractivity contribution in [3.8, 4) is 11.5 Å². The molecule has 188 valence electrons. The van der Waals surface area contributed by atoms with E-state index in [0.717, 1.165) is 51.2 Å². The van der Waals surface area contributed by atoms with Crippen LogP contribution in [-0.2, 0) is 30.7 Å². The third-order valence-electron chi connectivity index (χ3n) is 7.21. The molecule has 2 aliphatic heterocycles. The lowest BCUT2D eigenvalue weighted by molar-refractivity contribution is -0.132. The Morgan fingerprint density at radius 1 is 1.11 bits per heavy atom. The zero-order chi connectivity index (χ0) is 25.4. The number of nitrogens with one attached hydrogen (secondary N) is 2. The van der Waals surface area contributed by atoms with Gasteiger partial charge in [0.05, 0.1) is 0 Å². The van der Waals surface area contributed by atoms with E-state index >= 15 is 0 Å². The maximum absolute atomic E-state index is 13.0. The predicted molar refractivity (Wildman–Crippen MR) is 138 cm³/mol. The van der Waals surface area contributed by atoms with Crippen molar-refractivity contribution < 1.29 is 19.1 Å². The molecule has 37 heavy (non-hydrogen) atoms. The van der Waals surface area contributed by atoms with E-state index in [0.29, 0.717) is 38.2 Å². The lowest BCUT2D eigenvalue weighted by atomic mass is 9.94. The van der Waals surface area contributed by atoms with Crippen molar-refractivity contribution in [1.82, 2.24) is 20.2 Å². The summed E-state index contributed by atoms with van der Waals surface area (Å²) in [6.07, 6.45) is 3.69. The van der Waals surface area contributed by atoms with E-state index in [-0.39, 0.29) is 18.6 Å². The molecule has 0 fully saturated rings. The van der Waals surface area contributed by atoms with Crippen LogP contribution in [0.5, 0.6) is 11.5 Å². The number of para-hydroxylation sites is 1. The van der Waals surface area contributed by atoms with Crippen molar-refractivity contribution in [3.63, 3.8) is 0 Å². The van der Waals surface area contributed by atoms with Crippen molar-refractivity contribution in [2.24, 2.45) is 0 Å². The van der Waals surface area contributed by atoms with Gasteiger partial charge in [0.25, 0.3) is 5.91 Å². The summed E-state index contributed by atoms with van der Waals surface area (Å²) in [4.78, 5) is 35.5. The van der Waals surface area contributed by atoms with Crippen LogP contribution >= 0.6 is 0 Å². The zero-order valence-electron chi connectivity index (χ0n) is 20.7. The van der Waals surface area contributed by atoms with Gasteiger partial charge in [0.1, 0.15) is 5.69 Å². The summed E-state index contributed by atoms with van der Waals surface area (Å²) in [6.45, 7) is 3.79. The summed E-state index contributed by atoms with van der Waals surface area (Å²) in [5.74, 6) is 1.46. The Hall–Kier alpha value is -4.33. The number of benzene rings is 2. The highest BCUT2D eigenvalue weighted by Gasteiger charge is 2.24. The second-order valence-corrected chi connectivity index (χ2v) is 9.53. The lowest BCUT2D eigenvalue weighted by Gasteiger charge is -2.30. The second-order valence-electron chi connectivity index (χ2n) is 9.53. The number of ether oxygens (including phenoxy) is 2. The molecule has 0 radical (unpaired) electrons. The zero-order valence-corrected chi connectivity index (χ0v) is 20.7. The van der Waals surface area contributed by atoms with E-state index in [1.54, 1.807) is 0 Å². The molecule has 0 spiro atoms. The molecule has 0 aliphatic carbocycles. The summed E-state index contributed by atoms with van der Waals surface area (Å²) in [6, 6.07) is 15.5. The van der Waals surface area contributed by atoms with Crippen LogP contribution in [0.4, 0.5) is 0 Å². The fourth-order valence-corrected chi connectivity index (χ4v) is 5.13. The third kappa shape index (κ3) is 4.62. The van der Waals surface area contributed by atoms with Gasteiger partial charge in [-0.3, -0.25) is 14.6 Å². The first-order chi connectivity index (χ1) is 18.0. The smallest absolute Gasteiger partial charge is 0.267 e. The van der Waals surface area contributed by atoms with Gasteiger partial charge in [-0.15, -0.1) is 0 Å². The molecule has 8 heteroatoms. The fraction of sp³-hybridized carbons (Fsp3) is 0.276. The maximum Gasteiger partial charge on any atom is 0.267 e.